The van der Waals surface area contributed by atoms with Crippen LogP contribution >= 0.6 is 0 Å². The summed E-state index contributed by atoms with van der Waals surface area (Å²) in [4.78, 5) is 12.5. The van der Waals surface area contributed by atoms with Crippen LogP contribution in [0.25, 0.3) is 0 Å². The van der Waals surface area contributed by atoms with Crippen LogP contribution in [-0.2, 0) is 0 Å². The Balaban J connectivity index is 2.42. The summed E-state index contributed by atoms with van der Waals surface area (Å²) >= 11 is 0. The van der Waals surface area contributed by atoms with Crippen LogP contribution in [-0.4, -0.2) is 29.1 Å². The van der Waals surface area contributed by atoms with Crippen LogP contribution in [0.3, 0.4) is 0 Å². The summed E-state index contributed by atoms with van der Waals surface area (Å²) in [6.45, 7) is 1.76. The largest absolute Gasteiger partial charge is 0.409 e. The Kier molecular flexibility index (Phi) is 4.39. The van der Waals surface area contributed by atoms with Gasteiger partial charge in [0.05, 0.1) is 10.5 Å². The van der Waals surface area contributed by atoms with Gasteiger partial charge in [0.1, 0.15) is 0 Å². The van der Waals surface area contributed by atoms with Crippen LogP contribution in [0.5, 0.6) is 0 Å². The minimum Gasteiger partial charge on any atom is -0.409 e. The van der Waals surface area contributed by atoms with Gasteiger partial charge in [0, 0.05) is 30.9 Å². The number of anilines is 1. The Morgan fingerprint density at radius 3 is 2.50 bits per heavy atom. The molecule has 0 unspecified atom stereocenters. The third-order valence-corrected chi connectivity index (χ3v) is 3.52. The molecule has 1 aromatic carbocycles. The zero-order valence-electron chi connectivity index (χ0n) is 11.2. The van der Waals surface area contributed by atoms with Crippen molar-refractivity contribution in [2.45, 2.75) is 25.7 Å². The van der Waals surface area contributed by atoms with Gasteiger partial charge in [-0.2, -0.15) is 0 Å². The van der Waals surface area contributed by atoms with Gasteiger partial charge in [-0.05, 0) is 18.9 Å². The van der Waals surface area contributed by atoms with E-state index in [4.69, 9.17) is 10.9 Å². The highest BCUT2D eigenvalue weighted by Gasteiger charge is 2.19. The lowest BCUT2D eigenvalue weighted by Crippen LogP contribution is -2.27. The van der Waals surface area contributed by atoms with Crippen molar-refractivity contribution < 1.29 is 10.1 Å². The first kappa shape index (κ1) is 14.1. The zero-order valence-corrected chi connectivity index (χ0v) is 11.2. The van der Waals surface area contributed by atoms with E-state index in [9.17, 15) is 10.1 Å². The fourth-order valence-corrected chi connectivity index (χ4v) is 2.48. The van der Waals surface area contributed by atoms with Gasteiger partial charge in [-0.25, -0.2) is 0 Å². The summed E-state index contributed by atoms with van der Waals surface area (Å²) in [6.07, 6.45) is 4.52. The Hall–Kier alpha value is -2.31. The van der Waals surface area contributed by atoms with E-state index >= 15 is 0 Å². The summed E-state index contributed by atoms with van der Waals surface area (Å²) in [5, 5.41) is 22.7. The highest BCUT2D eigenvalue weighted by molar-refractivity contribution is 6.02. The molecule has 0 bridgehead atoms. The van der Waals surface area contributed by atoms with Crippen LogP contribution in [0.1, 0.15) is 31.2 Å². The molecule has 1 aliphatic heterocycles. The predicted molar refractivity (Wildman–Crippen MR) is 76.3 cm³/mol. The third-order valence-electron chi connectivity index (χ3n) is 3.52. The Labute approximate surface area is 116 Å². The molecule has 7 nitrogen and oxygen atoms in total. The molecule has 1 aliphatic rings. The number of oxime groups is 1. The summed E-state index contributed by atoms with van der Waals surface area (Å²) < 4.78 is 0. The minimum absolute atomic E-state index is 0.0647. The van der Waals surface area contributed by atoms with Gasteiger partial charge in [-0.3, -0.25) is 10.1 Å². The lowest BCUT2D eigenvalue weighted by atomic mass is 10.1. The van der Waals surface area contributed by atoms with Gasteiger partial charge in [0.15, 0.2) is 5.84 Å². The molecule has 0 aliphatic carbocycles. The van der Waals surface area contributed by atoms with E-state index in [1.807, 2.05) is 0 Å². The second kappa shape index (κ2) is 6.23. The lowest BCUT2D eigenvalue weighted by molar-refractivity contribution is -0.384. The highest BCUT2D eigenvalue weighted by Crippen LogP contribution is 2.27. The van der Waals surface area contributed by atoms with Crippen molar-refractivity contribution in [3.63, 3.8) is 0 Å². The normalized spacial score (nSPS) is 16.8. The Morgan fingerprint density at radius 2 is 1.95 bits per heavy atom. The topological polar surface area (TPSA) is 105 Å². The summed E-state index contributed by atoms with van der Waals surface area (Å²) in [5.41, 5.74) is 6.79. The maximum Gasteiger partial charge on any atom is 0.270 e. The molecular weight excluding hydrogens is 260 g/mol. The number of nitrogens with zero attached hydrogens (tertiary/aromatic N) is 3. The van der Waals surface area contributed by atoms with Gasteiger partial charge in [-0.1, -0.05) is 18.0 Å². The molecule has 0 radical (unpaired) electrons. The van der Waals surface area contributed by atoms with Crippen LogP contribution in [0.4, 0.5) is 11.4 Å². The SMILES string of the molecule is NC(=NO)c1cc([N+](=O)[O-])ccc1N1CCCCCC1. The second-order valence-corrected chi connectivity index (χ2v) is 4.85. The summed E-state index contributed by atoms with van der Waals surface area (Å²) in [6, 6.07) is 4.49. The van der Waals surface area contributed by atoms with E-state index in [-0.39, 0.29) is 11.5 Å². The zero-order chi connectivity index (χ0) is 14.5. The molecule has 1 saturated heterocycles. The maximum absolute atomic E-state index is 10.9. The van der Waals surface area contributed by atoms with E-state index in [1.165, 1.54) is 25.0 Å². The molecule has 3 N–H and O–H groups in total. The third kappa shape index (κ3) is 2.98. The molecule has 0 spiro atoms. The van der Waals surface area contributed by atoms with Gasteiger partial charge in [0.2, 0.25) is 0 Å². The lowest BCUT2D eigenvalue weighted by Gasteiger charge is -2.24. The first-order chi connectivity index (χ1) is 9.63. The highest BCUT2D eigenvalue weighted by atomic mass is 16.6. The van der Waals surface area contributed by atoms with Crippen molar-refractivity contribution in [2.24, 2.45) is 10.9 Å². The average Bonchev–Trinajstić information content (AvgIpc) is 2.74. The maximum atomic E-state index is 10.9. The second-order valence-electron chi connectivity index (χ2n) is 4.85. The van der Waals surface area contributed by atoms with Gasteiger partial charge >= 0.3 is 0 Å². The minimum atomic E-state index is -0.486. The van der Waals surface area contributed by atoms with Crippen LogP contribution in [0.2, 0.25) is 0 Å². The molecule has 0 saturated carbocycles. The first-order valence-electron chi connectivity index (χ1n) is 6.65. The van der Waals surface area contributed by atoms with Gasteiger partial charge < -0.3 is 15.8 Å². The average molecular weight is 278 g/mol. The smallest absolute Gasteiger partial charge is 0.270 e. The van der Waals surface area contributed by atoms with Gasteiger partial charge in [0.25, 0.3) is 5.69 Å². The summed E-state index contributed by atoms with van der Waals surface area (Å²) in [7, 11) is 0. The molecule has 1 aromatic rings. The number of amidine groups is 1. The van der Waals surface area contributed by atoms with Gasteiger partial charge in [-0.15, -0.1) is 0 Å². The van der Waals surface area contributed by atoms with E-state index in [0.717, 1.165) is 31.6 Å². The first-order valence-corrected chi connectivity index (χ1v) is 6.65. The molecular formula is C13H18N4O3. The van der Waals surface area contributed by atoms with E-state index in [0.29, 0.717) is 5.56 Å². The number of nitro benzene ring substituents is 1. The number of nitro groups is 1. The quantitative estimate of drug-likeness (QED) is 0.289. The number of hydrogen-bond donors (Lipinski definition) is 2. The molecule has 1 fully saturated rings. The molecule has 2 rings (SSSR count). The molecule has 108 valence electrons. The number of hydrogen-bond acceptors (Lipinski definition) is 5. The van der Waals surface area contributed by atoms with Crippen molar-refractivity contribution in [2.75, 3.05) is 18.0 Å². The molecule has 0 atom stereocenters. The fraction of sp³-hybridized carbons (Fsp3) is 0.462. The van der Waals surface area contributed by atoms with Crippen molar-refractivity contribution in [1.82, 2.24) is 0 Å². The molecule has 7 heteroatoms. The summed E-state index contributed by atoms with van der Waals surface area (Å²) in [5.74, 6) is -0.104. The number of rotatable bonds is 3. The van der Waals surface area contributed by atoms with Crippen LogP contribution in [0, 0.1) is 10.1 Å². The van der Waals surface area contributed by atoms with Crippen LogP contribution < -0.4 is 10.6 Å². The van der Waals surface area contributed by atoms with E-state index < -0.39 is 4.92 Å². The molecule has 1 heterocycles. The Bertz CT molecular complexity index is 522. The fourth-order valence-electron chi connectivity index (χ4n) is 2.48. The Morgan fingerprint density at radius 1 is 1.30 bits per heavy atom. The number of non-ortho nitro benzene ring substituents is 1. The number of benzene rings is 1. The molecule has 0 aromatic heterocycles. The molecule has 20 heavy (non-hydrogen) atoms. The molecule has 0 amide bonds. The van der Waals surface area contributed by atoms with Crippen LogP contribution in [0.15, 0.2) is 23.4 Å². The number of nitrogens with two attached hydrogens (primary N) is 1. The van der Waals surface area contributed by atoms with Crippen molar-refractivity contribution >= 4 is 17.2 Å². The van der Waals surface area contributed by atoms with Crippen molar-refractivity contribution in [3.8, 4) is 0 Å². The predicted octanol–water partition coefficient (Wildman–Crippen LogP) is 2.07. The van der Waals surface area contributed by atoms with E-state index in [1.54, 1.807) is 6.07 Å². The van der Waals surface area contributed by atoms with Crippen molar-refractivity contribution in [3.05, 3.63) is 33.9 Å². The monoisotopic (exact) mass is 278 g/mol. The van der Waals surface area contributed by atoms with E-state index in [2.05, 4.69) is 10.1 Å². The van der Waals surface area contributed by atoms with Crippen molar-refractivity contribution in [1.29, 1.82) is 0 Å². The standard InChI is InChI=1S/C13H18N4O3/c14-13(15-18)11-9-10(17(19)20)5-6-12(11)16-7-3-1-2-4-8-16/h5-6,9,18H,1-4,7-8H2,(H2,14,15).